The van der Waals surface area contributed by atoms with Gasteiger partial charge in [0.1, 0.15) is 5.82 Å². The molecule has 0 bridgehead atoms. The topological polar surface area (TPSA) is 48.5 Å². The van der Waals surface area contributed by atoms with E-state index in [0.717, 1.165) is 57.1 Å². The Kier molecular flexibility index (Phi) is 5.99. The number of carbonyl (C=O) groups excluding carboxylic acids is 1. The third-order valence-electron chi connectivity index (χ3n) is 3.76. The lowest BCUT2D eigenvalue weighted by atomic mass is 10.2. The predicted molar refractivity (Wildman–Crippen MR) is 85.7 cm³/mol. The molecule has 1 aromatic heterocycles. The fourth-order valence-corrected chi connectivity index (χ4v) is 2.59. The van der Waals surface area contributed by atoms with Crippen molar-refractivity contribution in [1.29, 1.82) is 0 Å². The first-order valence-electron chi connectivity index (χ1n) is 7.96. The lowest BCUT2D eigenvalue weighted by Crippen LogP contribution is -2.48. The van der Waals surface area contributed by atoms with Crippen molar-refractivity contribution in [3.63, 3.8) is 0 Å². The van der Waals surface area contributed by atoms with Crippen LogP contribution in [0, 0.1) is 0 Å². The summed E-state index contributed by atoms with van der Waals surface area (Å²) in [5, 5.41) is 3.23. The van der Waals surface area contributed by atoms with Crippen LogP contribution in [-0.4, -0.2) is 60.0 Å². The molecule has 1 fully saturated rings. The van der Waals surface area contributed by atoms with Crippen molar-refractivity contribution in [2.24, 2.45) is 0 Å². The molecule has 0 atom stereocenters. The second kappa shape index (κ2) is 7.98. The first-order valence-corrected chi connectivity index (χ1v) is 7.96. The average molecular weight is 290 g/mol. The van der Waals surface area contributed by atoms with Gasteiger partial charge in [-0.1, -0.05) is 13.8 Å². The SMILES string of the molecule is CCCNc1cc(C(=O)N2CCN(CCC)CC2)ccn1. The maximum absolute atomic E-state index is 12.5. The lowest BCUT2D eigenvalue weighted by molar-refractivity contribution is 0.0637. The maximum atomic E-state index is 12.5. The quantitative estimate of drug-likeness (QED) is 0.871. The number of nitrogens with zero attached hydrogens (tertiary/aromatic N) is 3. The van der Waals surface area contributed by atoms with Gasteiger partial charge >= 0.3 is 0 Å². The average Bonchev–Trinajstić information content (AvgIpc) is 2.53. The Morgan fingerprint density at radius 3 is 2.67 bits per heavy atom. The summed E-state index contributed by atoms with van der Waals surface area (Å²) in [6.45, 7) is 9.90. The number of hydrogen-bond acceptors (Lipinski definition) is 4. The van der Waals surface area contributed by atoms with Crippen LogP contribution in [-0.2, 0) is 0 Å². The summed E-state index contributed by atoms with van der Waals surface area (Å²) < 4.78 is 0. The molecule has 0 unspecified atom stereocenters. The Morgan fingerprint density at radius 1 is 1.24 bits per heavy atom. The van der Waals surface area contributed by atoms with E-state index in [9.17, 15) is 4.79 Å². The van der Waals surface area contributed by atoms with Crippen molar-refractivity contribution in [2.45, 2.75) is 26.7 Å². The molecule has 5 heteroatoms. The molecule has 0 aliphatic carbocycles. The Labute approximate surface area is 127 Å². The van der Waals surface area contributed by atoms with Gasteiger partial charge in [0.15, 0.2) is 0 Å². The van der Waals surface area contributed by atoms with Crippen molar-refractivity contribution in [3.05, 3.63) is 23.9 Å². The third-order valence-corrected chi connectivity index (χ3v) is 3.76. The zero-order chi connectivity index (χ0) is 15.1. The van der Waals surface area contributed by atoms with Gasteiger partial charge in [-0.05, 0) is 31.5 Å². The van der Waals surface area contributed by atoms with Gasteiger partial charge in [-0.25, -0.2) is 4.98 Å². The molecule has 0 radical (unpaired) electrons. The number of anilines is 1. The van der Waals surface area contributed by atoms with Crippen LogP contribution in [0.5, 0.6) is 0 Å². The smallest absolute Gasteiger partial charge is 0.254 e. The molecule has 0 aromatic carbocycles. The molecular weight excluding hydrogens is 264 g/mol. The molecule has 0 spiro atoms. The Bertz CT molecular complexity index is 455. The first kappa shape index (κ1) is 15.8. The molecule has 0 saturated carbocycles. The van der Waals surface area contributed by atoms with Gasteiger partial charge in [-0.2, -0.15) is 0 Å². The van der Waals surface area contributed by atoms with E-state index in [-0.39, 0.29) is 5.91 Å². The number of pyridine rings is 1. The number of amides is 1. The maximum Gasteiger partial charge on any atom is 0.254 e. The Morgan fingerprint density at radius 2 is 2.00 bits per heavy atom. The van der Waals surface area contributed by atoms with Crippen LogP contribution in [0.1, 0.15) is 37.0 Å². The monoisotopic (exact) mass is 290 g/mol. The zero-order valence-electron chi connectivity index (χ0n) is 13.1. The highest BCUT2D eigenvalue weighted by molar-refractivity contribution is 5.94. The molecule has 1 aliphatic heterocycles. The van der Waals surface area contributed by atoms with Crippen LogP contribution in [0.3, 0.4) is 0 Å². The minimum Gasteiger partial charge on any atom is -0.370 e. The van der Waals surface area contributed by atoms with Crippen molar-refractivity contribution >= 4 is 11.7 Å². The van der Waals surface area contributed by atoms with E-state index in [2.05, 4.69) is 29.0 Å². The van der Waals surface area contributed by atoms with Crippen LogP contribution >= 0.6 is 0 Å². The molecule has 1 aliphatic rings. The first-order chi connectivity index (χ1) is 10.2. The second-order valence-corrected chi connectivity index (χ2v) is 5.49. The molecule has 2 rings (SSSR count). The largest absolute Gasteiger partial charge is 0.370 e. The summed E-state index contributed by atoms with van der Waals surface area (Å²) in [6.07, 6.45) is 3.92. The lowest BCUT2D eigenvalue weighted by Gasteiger charge is -2.34. The summed E-state index contributed by atoms with van der Waals surface area (Å²) in [5.74, 6) is 0.903. The molecule has 1 saturated heterocycles. The van der Waals surface area contributed by atoms with E-state index >= 15 is 0 Å². The number of carbonyl (C=O) groups is 1. The van der Waals surface area contributed by atoms with Crippen molar-refractivity contribution in [1.82, 2.24) is 14.8 Å². The molecule has 1 aromatic rings. The Hall–Kier alpha value is -1.62. The van der Waals surface area contributed by atoms with Crippen LogP contribution < -0.4 is 5.32 Å². The number of rotatable bonds is 6. The summed E-state index contributed by atoms with van der Waals surface area (Å²) in [4.78, 5) is 21.2. The standard InChI is InChI=1S/C16H26N4O/c1-3-6-17-15-13-14(5-7-18-15)16(21)20-11-9-19(8-4-2)10-12-20/h5,7,13H,3-4,6,8-12H2,1-2H3,(H,17,18). The van der Waals surface area contributed by atoms with E-state index in [4.69, 9.17) is 0 Å². The summed E-state index contributed by atoms with van der Waals surface area (Å²) >= 11 is 0. The van der Waals surface area contributed by atoms with E-state index in [0.29, 0.717) is 0 Å². The molecule has 1 N–H and O–H groups in total. The van der Waals surface area contributed by atoms with Gasteiger partial charge in [0.05, 0.1) is 0 Å². The molecule has 21 heavy (non-hydrogen) atoms. The molecule has 1 amide bonds. The van der Waals surface area contributed by atoms with E-state index < -0.39 is 0 Å². The van der Waals surface area contributed by atoms with Gasteiger partial charge in [0, 0.05) is 44.5 Å². The molecule has 2 heterocycles. The number of piperazine rings is 1. The highest BCUT2D eigenvalue weighted by atomic mass is 16.2. The van der Waals surface area contributed by atoms with Crippen LogP contribution in [0.25, 0.3) is 0 Å². The Balaban J connectivity index is 1.94. The van der Waals surface area contributed by atoms with Crippen molar-refractivity contribution in [3.8, 4) is 0 Å². The minimum atomic E-state index is 0.119. The van der Waals surface area contributed by atoms with Crippen molar-refractivity contribution in [2.75, 3.05) is 44.6 Å². The molecular formula is C16H26N4O. The molecule has 116 valence electrons. The van der Waals surface area contributed by atoms with E-state index in [1.165, 1.54) is 6.42 Å². The summed E-state index contributed by atoms with van der Waals surface area (Å²) in [5.41, 5.74) is 0.729. The zero-order valence-corrected chi connectivity index (χ0v) is 13.1. The normalized spacial score (nSPS) is 16.0. The predicted octanol–water partition coefficient (Wildman–Crippen LogP) is 2.07. The van der Waals surface area contributed by atoms with E-state index in [1.54, 1.807) is 12.3 Å². The molecule has 5 nitrogen and oxygen atoms in total. The summed E-state index contributed by atoms with van der Waals surface area (Å²) in [7, 11) is 0. The van der Waals surface area contributed by atoms with Crippen LogP contribution in [0.2, 0.25) is 0 Å². The van der Waals surface area contributed by atoms with Crippen molar-refractivity contribution < 1.29 is 4.79 Å². The highest BCUT2D eigenvalue weighted by Gasteiger charge is 2.21. The number of aromatic nitrogens is 1. The van der Waals surface area contributed by atoms with Gasteiger partial charge in [-0.15, -0.1) is 0 Å². The van der Waals surface area contributed by atoms with Gasteiger partial charge in [-0.3, -0.25) is 9.69 Å². The van der Waals surface area contributed by atoms with Crippen LogP contribution in [0.4, 0.5) is 5.82 Å². The van der Waals surface area contributed by atoms with Gasteiger partial charge < -0.3 is 10.2 Å². The van der Waals surface area contributed by atoms with Gasteiger partial charge in [0.25, 0.3) is 5.91 Å². The highest BCUT2D eigenvalue weighted by Crippen LogP contribution is 2.12. The third kappa shape index (κ3) is 4.43. The van der Waals surface area contributed by atoms with E-state index in [1.807, 2.05) is 11.0 Å². The number of nitrogens with one attached hydrogen (secondary N) is 1. The summed E-state index contributed by atoms with van der Waals surface area (Å²) in [6, 6.07) is 3.66. The fourth-order valence-electron chi connectivity index (χ4n) is 2.59. The van der Waals surface area contributed by atoms with Crippen LogP contribution in [0.15, 0.2) is 18.3 Å². The van der Waals surface area contributed by atoms with Gasteiger partial charge in [0.2, 0.25) is 0 Å². The minimum absolute atomic E-state index is 0.119. The second-order valence-electron chi connectivity index (χ2n) is 5.49. The fraction of sp³-hybridized carbons (Fsp3) is 0.625. The number of hydrogen-bond donors (Lipinski definition) is 1.